The van der Waals surface area contributed by atoms with Crippen molar-refractivity contribution in [2.45, 2.75) is 12.5 Å². The van der Waals surface area contributed by atoms with E-state index < -0.39 is 17.9 Å². The molecule has 1 atom stereocenters. The van der Waals surface area contributed by atoms with Crippen molar-refractivity contribution in [1.29, 1.82) is 0 Å². The number of likely N-dealkylation sites (N-methyl/N-ethyl adjacent to an activating group) is 1. The maximum Gasteiger partial charge on any atom is 0.262 e. The second-order valence-corrected chi connectivity index (χ2v) is 6.41. The van der Waals surface area contributed by atoms with Crippen LogP contribution in [-0.2, 0) is 11.2 Å². The first-order valence-corrected chi connectivity index (χ1v) is 8.25. The standard InChI is InChI=1S/C18H15BrN2O3/c1-20-16(22)15(10-11-5-4-6-12(19)9-11)21-17(23)13-7-2-3-8-14(13)18(21)24/h2-9,15H,10H2,1H3,(H,20,22). The number of fused-ring (bicyclic) bond motifs is 1. The summed E-state index contributed by atoms with van der Waals surface area (Å²) >= 11 is 3.39. The topological polar surface area (TPSA) is 66.5 Å². The van der Waals surface area contributed by atoms with Gasteiger partial charge >= 0.3 is 0 Å². The van der Waals surface area contributed by atoms with Crippen molar-refractivity contribution in [2.75, 3.05) is 7.05 Å². The lowest BCUT2D eigenvalue weighted by Crippen LogP contribution is -2.50. The Labute approximate surface area is 147 Å². The Kier molecular flexibility index (Phi) is 4.49. The molecule has 122 valence electrons. The molecule has 0 saturated carbocycles. The highest BCUT2D eigenvalue weighted by Crippen LogP contribution is 2.26. The molecule has 2 aromatic carbocycles. The molecule has 0 radical (unpaired) electrons. The first kappa shape index (κ1) is 16.4. The van der Waals surface area contributed by atoms with Crippen LogP contribution in [0.2, 0.25) is 0 Å². The zero-order chi connectivity index (χ0) is 17.3. The Morgan fingerprint density at radius 3 is 2.25 bits per heavy atom. The maximum atomic E-state index is 12.6. The minimum absolute atomic E-state index is 0.255. The summed E-state index contributed by atoms with van der Waals surface area (Å²) in [6.45, 7) is 0. The van der Waals surface area contributed by atoms with Gasteiger partial charge in [-0.2, -0.15) is 0 Å². The first-order chi connectivity index (χ1) is 11.5. The zero-order valence-corrected chi connectivity index (χ0v) is 14.5. The third-order valence-electron chi connectivity index (χ3n) is 4.00. The number of nitrogens with zero attached hydrogens (tertiary/aromatic N) is 1. The lowest BCUT2D eigenvalue weighted by Gasteiger charge is -2.25. The number of hydrogen-bond acceptors (Lipinski definition) is 3. The molecule has 0 aliphatic carbocycles. The van der Waals surface area contributed by atoms with E-state index in [9.17, 15) is 14.4 Å². The number of halogens is 1. The lowest BCUT2D eigenvalue weighted by atomic mass is 10.0. The van der Waals surface area contributed by atoms with Crippen LogP contribution in [-0.4, -0.2) is 35.7 Å². The summed E-state index contributed by atoms with van der Waals surface area (Å²) in [5, 5.41) is 2.55. The number of carbonyl (C=O) groups is 3. The van der Waals surface area contributed by atoms with Gasteiger partial charge in [0.1, 0.15) is 6.04 Å². The molecular weight excluding hydrogens is 372 g/mol. The van der Waals surface area contributed by atoms with Crippen LogP contribution < -0.4 is 5.32 Å². The Hall–Kier alpha value is -2.47. The molecule has 0 spiro atoms. The Morgan fingerprint density at radius 1 is 1.08 bits per heavy atom. The van der Waals surface area contributed by atoms with Gasteiger partial charge in [0.2, 0.25) is 5.91 Å². The van der Waals surface area contributed by atoms with E-state index in [-0.39, 0.29) is 12.3 Å². The van der Waals surface area contributed by atoms with Crippen LogP contribution in [0.25, 0.3) is 0 Å². The molecule has 6 heteroatoms. The molecule has 5 nitrogen and oxygen atoms in total. The number of benzene rings is 2. The predicted octanol–water partition coefficient (Wildman–Crippen LogP) is 2.40. The van der Waals surface area contributed by atoms with E-state index in [4.69, 9.17) is 0 Å². The smallest absolute Gasteiger partial charge is 0.262 e. The summed E-state index contributed by atoms with van der Waals surface area (Å²) in [6.07, 6.45) is 0.255. The predicted molar refractivity (Wildman–Crippen MR) is 92.6 cm³/mol. The summed E-state index contributed by atoms with van der Waals surface area (Å²) in [4.78, 5) is 38.7. The summed E-state index contributed by atoms with van der Waals surface area (Å²) in [5.41, 5.74) is 1.53. The molecule has 0 saturated heterocycles. The number of hydrogen-bond donors (Lipinski definition) is 1. The van der Waals surface area contributed by atoms with E-state index in [0.717, 1.165) is 14.9 Å². The Bertz CT molecular complexity index is 800. The van der Waals surface area contributed by atoms with Crippen LogP contribution in [0.1, 0.15) is 26.3 Å². The second kappa shape index (κ2) is 6.57. The minimum Gasteiger partial charge on any atom is -0.357 e. The quantitative estimate of drug-likeness (QED) is 0.820. The van der Waals surface area contributed by atoms with E-state index in [1.165, 1.54) is 7.05 Å². The van der Waals surface area contributed by atoms with Gasteiger partial charge in [-0.25, -0.2) is 0 Å². The zero-order valence-electron chi connectivity index (χ0n) is 13.0. The average molecular weight is 387 g/mol. The molecule has 2 aromatic rings. The third kappa shape index (κ3) is 2.85. The Morgan fingerprint density at radius 2 is 1.71 bits per heavy atom. The van der Waals surface area contributed by atoms with Crippen LogP contribution in [0.15, 0.2) is 53.0 Å². The van der Waals surface area contributed by atoms with Crippen LogP contribution >= 0.6 is 15.9 Å². The van der Waals surface area contributed by atoms with Crippen LogP contribution in [0.3, 0.4) is 0 Å². The van der Waals surface area contributed by atoms with Gasteiger partial charge in [-0.15, -0.1) is 0 Å². The molecule has 1 aliphatic heterocycles. The fraction of sp³-hybridized carbons (Fsp3) is 0.167. The van der Waals surface area contributed by atoms with Gasteiger partial charge in [-0.1, -0.05) is 40.2 Å². The van der Waals surface area contributed by atoms with E-state index in [0.29, 0.717) is 11.1 Å². The van der Waals surface area contributed by atoms with Crippen molar-refractivity contribution in [3.05, 3.63) is 69.7 Å². The summed E-state index contributed by atoms with van der Waals surface area (Å²) in [7, 11) is 1.49. The highest BCUT2D eigenvalue weighted by Gasteiger charge is 2.42. The molecule has 3 rings (SSSR count). The van der Waals surface area contributed by atoms with Crippen LogP contribution in [0.5, 0.6) is 0 Å². The van der Waals surface area contributed by atoms with Gasteiger partial charge in [-0.05, 0) is 29.8 Å². The summed E-state index contributed by atoms with van der Waals surface area (Å²) in [6, 6.07) is 13.2. The second-order valence-electron chi connectivity index (χ2n) is 5.49. The molecule has 24 heavy (non-hydrogen) atoms. The SMILES string of the molecule is CNC(=O)C(Cc1cccc(Br)c1)N1C(=O)c2ccccc2C1=O. The van der Waals surface area contributed by atoms with E-state index >= 15 is 0 Å². The molecule has 0 bridgehead atoms. The fourth-order valence-corrected chi connectivity index (χ4v) is 3.29. The number of nitrogens with one attached hydrogen (secondary N) is 1. The Balaban J connectivity index is 1.97. The normalized spacial score (nSPS) is 14.5. The van der Waals surface area contributed by atoms with Crippen molar-refractivity contribution >= 4 is 33.7 Å². The van der Waals surface area contributed by atoms with Crippen molar-refractivity contribution in [3.8, 4) is 0 Å². The lowest BCUT2D eigenvalue weighted by molar-refractivity contribution is -0.124. The van der Waals surface area contributed by atoms with Crippen molar-refractivity contribution in [1.82, 2.24) is 10.2 Å². The highest BCUT2D eigenvalue weighted by molar-refractivity contribution is 9.10. The fourth-order valence-electron chi connectivity index (χ4n) is 2.85. The third-order valence-corrected chi connectivity index (χ3v) is 4.50. The largest absolute Gasteiger partial charge is 0.357 e. The van der Waals surface area contributed by atoms with Gasteiger partial charge in [0.25, 0.3) is 11.8 Å². The average Bonchev–Trinajstić information content (AvgIpc) is 2.84. The summed E-state index contributed by atoms with van der Waals surface area (Å²) < 4.78 is 0.873. The van der Waals surface area contributed by atoms with Crippen molar-refractivity contribution in [3.63, 3.8) is 0 Å². The molecule has 3 amide bonds. The summed E-state index contributed by atoms with van der Waals surface area (Å²) in [5.74, 6) is -1.23. The van der Waals surface area contributed by atoms with Gasteiger partial charge in [0, 0.05) is 17.9 Å². The van der Waals surface area contributed by atoms with Crippen LogP contribution in [0.4, 0.5) is 0 Å². The molecule has 0 fully saturated rings. The molecule has 0 aromatic heterocycles. The highest BCUT2D eigenvalue weighted by atomic mass is 79.9. The number of rotatable bonds is 4. The number of carbonyl (C=O) groups excluding carboxylic acids is 3. The van der Waals surface area contributed by atoms with E-state index in [1.54, 1.807) is 24.3 Å². The van der Waals surface area contributed by atoms with Gasteiger partial charge in [-0.3, -0.25) is 19.3 Å². The maximum absolute atomic E-state index is 12.6. The number of amides is 3. The molecule has 1 N–H and O–H groups in total. The minimum atomic E-state index is -0.892. The van der Waals surface area contributed by atoms with E-state index in [1.807, 2.05) is 24.3 Å². The number of imide groups is 1. The molecular formula is C18H15BrN2O3. The van der Waals surface area contributed by atoms with Gasteiger partial charge in [0.05, 0.1) is 11.1 Å². The molecule has 1 aliphatic rings. The van der Waals surface area contributed by atoms with Gasteiger partial charge in [0.15, 0.2) is 0 Å². The van der Waals surface area contributed by atoms with Crippen molar-refractivity contribution < 1.29 is 14.4 Å². The molecule has 1 heterocycles. The van der Waals surface area contributed by atoms with Crippen molar-refractivity contribution in [2.24, 2.45) is 0 Å². The van der Waals surface area contributed by atoms with Gasteiger partial charge < -0.3 is 5.32 Å². The van der Waals surface area contributed by atoms with Crippen LogP contribution in [0, 0.1) is 0 Å². The first-order valence-electron chi connectivity index (χ1n) is 7.46. The molecule has 1 unspecified atom stereocenters. The monoisotopic (exact) mass is 386 g/mol. The van der Waals surface area contributed by atoms with E-state index in [2.05, 4.69) is 21.2 Å².